The Balaban J connectivity index is 1.69. The first kappa shape index (κ1) is 23.1. The van der Waals surface area contributed by atoms with Crippen LogP contribution >= 0.6 is 11.6 Å². The number of benzene rings is 1. The summed E-state index contributed by atoms with van der Waals surface area (Å²) in [7, 11) is 0. The summed E-state index contributed by atoms with van der Waals surface area (Å²) in [6.07, 6.45) is 2.10. The van der Waals surface area contributed by atoms with Gasteiger partial charge in [0, 0.05) is 11.6 Å². The quantitative estimate of drug-likeness (QED) is 0.390. The van der Waals surface area contributed by atoms with Gasteiger partial charge in [0.05, 0.1) is 12.7 Å². The number of aromatic nitrogens is 3. The summed E-state index contributed by atoms with van der Waals surface area (Å²) in [5.74, 6) is -5.29. The van der Waals surface area contributed by atoms with Crippen LogP contribution in [0.15, 0.2) is 59.7 Å². The molecule has 1 aromatic carbocycles. The number of carbonyl (C=O) groups is 1. The predicted molar refractivity (Wildman–Crippen MR) is 110 cm³/mol. The summed E-state index contributed by atoms with van der Waals surface area (Å²) in [6.45, 7) is -1.94. The first-order valence-electron chi connectivity index (χ1n) is 9.25. The molecule has 2 aromatic heterocycles. The van der Waals surface area contributed by atoms with Crippen LogP contribution in [0.5, 0.6) is 0 Å². The van der Waals surface area contributed by atoms with Gasteiger partial charge in [-0.3, -0.25) is 14.2 Å². The van der Waals surface area contributed by atoms with Gasteiger partial charge in [-0.1, -0.05) is 41.9 Å². The minimum atomic E-state index is -3.29. The van der Waals surface area contributed by atoms with Gasteiger partial charge in [-0.25, -0.2) is 4.98 Å². The second-order valence-corrected chi connectivity index (χ2v) is 7.04. The molecule has 8 nitrogen and oxygen atoms in total. The van der Waals surface area contributed by atoms with E-state index in [0.29, 0.717) is 0 Å². The Morgan fingerprint density at radius 2 is 1.94 bits per heavy atom. The van der Waals surface area contributed by atoms with Crippen molar-refractivity contribution in [3.8, 4) is 0 Å². The van der Waals surface area contributed by atoms with Crippen LogP contribution in [0.2, 0.25) is 5.15 Å². The fourth-order valence-electron chi connectivity index (χ4n) is 2.76. The first-order chi connectivity index (χ1) is 15.2. The van der Waals surface area contributed by atoms with Crippen LogP contribution in [0, 0.1) is 11.0 Å². The summed E-state index contributed by atoms with van der Waals surface area (Å²) in [5.41, 5.74) is -1.47. The van der Waals surface area contributed by atoms with Gasteiger partial charge in [-0.15, -0.1) is 0 Å². The van der Waals surface area contributed by atoms with Gasteiger partial charge in [0.15, 0.2) is 17.8 Å². The van der Waals surface area contributed by atoms with Crippen LogP contribution in [0.3, 0.4) is 0 Å². The number of anilines is 1. The van der Waals surface area contributed by atoms with E-state index in [1.807, 2.05) is 0 Å². The summed E-state index contributed by atoms with van der Waals surface area (Å²) >= 11 is 5.93. The van der Waals surface area contributed by atoms with E-state index in [2.05, 4.69) is 15.6 Å². The van der Waals surface area contributed by atoms with Crippen molar-refractivity contribution < 1.29 is 22.7 Å². The zero-order valence-electron chi connectivity index (χ0n) is 16.4. The lowest BCUT2D eigenvalue weighted by Gasteiger charge is -2.18. The standard InChI is InChI=1S/C20H17ClF3N5O3/c21-16-10-26-18(27-12-20(23,24)13-5-2-1-3-6-13)19(31)28(16)11-17(30)25-9-15-14(22)7-4-8-29(15)32/h1-8,10H,9,11-12H2,(H,25,30)(H,26,27). The molecule has 3 rings (SSSR count). The maximum Gasteiger partial charge on any atom is 0.294 e. The van der Waals surface area contributed by atoms with E-state index in [9.17, 15) is 28.0 Å². The maximum atomic E-state index is 14.3. The van der Waals surface area contributed by atoms with Gasteiger partial charge in [-0.2, -0.15) is 17.9 Å². The lowest BCUT2D eigenvalue weighted by Crippen LogP contribution is -2.39. The molecule has 0 aliphatic rings. The molecule has 0 saturated carbocycles. The summed E-state index contributed by atoms with van der Waals surface area (Å²) in [6, 6.07) is 9.29. The highest BCUT2D eigenvalue weighted by atomic mass is 35.5. The molecule has 0 saturated heterocycles. The molecule has 0 aliphatic heterocycles. The number of hydrogen-bond acceptors (Lipinski definition) is 5. The van der Waals surface area contributed by atoms with Crippen LogP contribution in [-0.2, 0) is 23.8 Å². The topological polar surface area (TPSA) is 103 Å². The Labute approximate surface area is 184 Å². The fraction of sp³-hybridized carbons (Fsp3) is 0.200. The van der Waals surface area contributed by atoms with E-state index in [0.717, 1.165) is 23.0 Å². The predicted octanol–water partition coefficient (Wildman–Crippen LogP) is 2.19. The maximum absolute atomic E-state index is 14.3. The number of rotatable bonds is 8. The number of halogens is 4. The lowest BCUT2D eigenvalue weighted by atomic mass is 10.1. The molecular weight excluding hydrogens is 451 g/mol. The summed E-state index contributed by atoms with van der Waals surface area (Å²) in [4.78, 5) is 28.5. The van der Waals surface area contributed by atoms with Gasteiger partial charge in [0.2, 0.25) is 11.6 Å². The molecule has 2 N–H and O–H groups in total. The molecule has 0 radical (unpaired) electrons. The van der Waals surface area contributed by atoms with Crippen molar-refractivity contribution in [3.63, 3.8) is 0 Å². The van der Waals surface area contributed by atoms with Crippen molar-refractivity contribution in [2.24, 2.45) is 0 Å². The van der Waals surface area contributed by atoms with Gasteiger partial charge >= 0.3 is 0 Å². The number of nitrogens with one attached hydrogen (secondary N) is 2. The average molecular weight is 468 g/mol. The Morgan fingerprint density at radius 3 is 2.62 bits per heavy atom. The SMILES string of the molecule is O=C(Cn1c(Cl)cnc(NCC(F)(F)c2ccccc2)c1=O)NCc1c(F)ccc[n+]1[O-]. The third kappa shape index (κ3) is 5.35. The lowest BCUT2D eigenvalue weighted by molar-refractivity contribution is -0.616. The van der Waals surface area contributed by atoms with E-state index < -0.39 is 48.7 Å². The van der Waals surface area contributed by atoms with E-state index in [1.165, 1.54) is 30.3 Å². The van der Waals surface area contributed by atoms with E-state index in [1.54, 1.807) is 6.07 Å². The van der Waals surface area contributed by atoms with Crippen LogP contribution in [0.4, 0.5) is 19.0 Å². The Morgan fingerprint density at radius 1 is 1.22 bits per heavy atom. The van der Waals surface area contributed by atoms with Crippen molar-refractivity contribution >= 4 is 23.3 Å². The van der Waals surface area contributed by atoms with Gasteiger partial charge in [-0.05, 0) is 6.07 Å². The number of alkyl halides is 2. The van der Waals surface area contributed by atoms with Crippen LogP contribution in [-0.4, -0.2) is 22.0 Å². The third-order valence-corrected chi connectivity index (χ3v) is 4.74. The minimum absolute atomic E-state index is 0.213. The highest BCUT2D eigenvalue weighted by molar-refractivity contribution is 6.29. The van der Waals surface area contributed by atoms with Gasteiger partial charge < -0.3 is 15.8 Å². The smallest absolute Gasteiger partial charge is 0.294 e. The van der Waals surface area contributed by atoms with Crippen molar-refractivity contribution in [1.82, 2.24) is 14.9 Å². The number of amides is 1. The molecule has 0 fully saturated rings. The molecule has 0 unspecified atom stereocenters. The number of nitrogens with zero attached hydrogens (tertiary/aromatic N) is 3. The van der Waals surface area contributed by atoms with Gasteiger partial charge in [0.25, 0.3) is 11.5 Å². The minimum Gasteiger partial charge on any atom is -0.618 e. The zero-order valence-corrected chi connectivity index (χ0v) is 17.2. The molecule has 2 heterocycles. The van der Waals surface area contributed by atoms with E-state index in [-0.39, 0.29) is 21.1 Å². The highest BCUT2D eigenvalue weighted by Crippen LogP contribution is 2.27. The van der Waals surface area contributed by atoms with Crippen molar-refractivity contribution in [1.29, 1.82) is 0 Å². The third-order valence-electron chi connectivity index (χ3n) is 4.44. The molecule has 12 heteroatoms. The van der Waals surface area contributed by atoms with Crippen molar-refractivity contribution in [2.45, 2.75) is 19.0 Å². The monoisotopic (exact) mass is 467 g/mol. The molecule has 32 heavy (non-hydrogen) atoms. The molecule has 0 spiro atoms. The Kier molecular flexibility index (Phi) is 6.98. The Bertz CT molecular complexity index is 1150. The van der Waals surface area contributed by atoms with E-state index in [4.69, 9.17) is 11.6 Å². The molecule has 3 aromatic rings. The van der Waals surface area contributed by atoms with Crippen LogP contribution in [0.25, 0.3) is 0 Å². The van der Waals surface area contributed by atoms with Crippen LogP contribution < -0.4 is 20.9 Å². The number of pyridine rings is 1. The van der Waals surface area contributed by atoms with E-state index >= 15 is 0 Å². The number of carbonyl (C=O) groups excluding carboxylic acids is 1. The largest absolute Gasteiger partial charge is 0.618 e. The molecule has 0 aliphatic carbocycles. The molecule has 1 amide bonds. The van der Waals surface area contributed by atoms with Gasteiger partial charge in [0.1, 0.15) is 18.2 Å². The van der Waals surface area contributed by atoms with Crippen LogP contribution in [0.1, 0.15) is 11.3 Å². The van der Waals surface area contributed by atoms with Crippen molar-refractivity contribution in [3.05, 3.63) is 92.6 Å². The fourth-order valence-corrected chi connectivity index (χ4v) is 2.94. The summed E-state index contributed by atoms with van der Waals surface area (Å²) < 4.78 is 43.4. The van der Waals surface area contributed by atoms with Crippen molar-refractivity contribution in [2.75, 3.05) is 11.9 Å². The highest BCUT2D eigenvalue weighted by Gasteiger charge is 2.31. The Hall–Kier alpha value is -3.60. The number of hydrogen-bond donors (Lipinski definition) is 2. The zero-order chi connectivity index (χ0) is 23.3. The molecular formula is C20H17ClF3N5O3. The summed E-state index contributed by atoms with van der Waals surface area (Å²) in [5, 5.41) is 16.0. The second kappa shape index (κ2) is 9.69. The molecule has 0 bridgehead atoms. The normalized spacial score (nSPS) is 11.2. The first-order valence-corrected chi connectivity index (χ1v) is 9.62. The second-order valence-electron chi connectivity index (χ2n) is 6.65. The molecule has 168 valence electrons. The average Bonchev–Trinajstić information content (AvgIpc) is 2.76. The molecule has 0 atom stereocenters.